The predicted molar refractivity (Wildman–Crippen MR) is 99.7 cm³/mol. The molecule has 0 heterocycles. The second-order valence-corrected chi connectivity index (χ2v) is 6.36. The van der Waals surface area contributed by atoms with Crippen LogP contribution >= 0.6 is 0 Å². The monoisotopic (exact) mass is 337 g/mol. The smallest absolute Gasteiger partial charge is 0.256 e. The van der Waals surface area contributed by atoms with Gasteiger partial charge in [0.15, 0.2) is 5.78 Å². The third kappa shape index (κ3) is 5.13. The second-order valence-electron chi connectivity index (χ2n) is 6.36. The zero-order valence-corrected chi connectivity index (χ0v) is 14.6. The lowest BCUT2D eigenvalue weighted by atomic mass is 9.95. The Kier molecular flexibility index (Phi) is 5.88. The van der Waals surface area contributed by atoms with Crippen LogP contribution in [-0.2, 0) is 11.2 Å². The van der Waals surface area contributed by atoms with E-state index in [2.05, 4.69) is 11.9 Å². The van der Waals surface area contributed by atoms with Crippen LogP contribution in [0.25, 0.3) is 0 Å². The summed E-state index contributed by atoms with van der Waals surface area (Å²) in [5.74, 6) is -0.564. The zero-order chi connectivity index (χ0) is 18.4. The molecular formula is C21H23NO3. The molecule has 2 aromatic carbocycles. The summed E-state index contributed by atoms with van der Waals surface area (Å²) in [5.41, 5.74) is 1.79. The summed E-state index contributed by atoms with van der Waals surface area (Å²) in [7, 11) is 0. The van der Waals surface area contributed by atoms with E-state index in [0.717, 1.165) is 11.1 Å². The van der Waals surface area contributed by atoms with Gasteiger partial charge in [-0.3, -0.25) is 9.59 Å². The molecule has 0 aliphatic rings. The first-order valence-electron chi connectivity index (χ1n) is 8.18. The van der Waals surface area contributed by atoms with E-state index < -0.39 is 11.5 Å². The molecule has 130 valence electrons. The maximum Gasteiger partial charge on any atom is 0.256 e. The highest BCUT2D eigenvalue weighted by Gasteiger charge is 2.29. The number of nitrogens with one attached hydrogen (secondary N) is 1. The van der Waals surface area contributed by atoms with Crippen LogP contribution in [0.1, 0.15) is 34.8 Å². The zero-order valence-electron chi connectivity index (χ0n) is 14.6. The molecule has 0 radical (unpaired) electrons. The lowest BCUT2D eigenvalue weighted by Crippen LogP contribution is -2.40. The number of ketones is 1. The number of carbonyl (C=O) groups is 2. The van der Waals surface area contributed by atoms with Crippen molar-refractivity contribution in [2.24, 2.45) is 0 Å². The summed E-state index contributed by atoms with van der Waals surface area (Å²) in [5, 5.41) is 13.2. The molecule has 2 rings (SSSR count). The van der Waals surface area contributed by atoms with Gasteiger partial charge in [-0.2, -0.15) is 0 Å². The molecule has 0 saturated heterocycles. The quantitative estimate of drug-likeness (QED) is 0.598. The van der Waals surface area contributed by atoms with E-state index in [-0.39, 0.29) is 12.2 Å². The highest BCUT2D eigenvalue weighted by atomic mass is 16.3. The standard InChI is InChI=1S/C21H23NO3/c1-4-19(23)17-9-7-16(8-10-17)13-14-21(3,25)20(24)22-18-11-5-15(2)6-12-18/h4-12,25H,1,13-14H2,2-3H3,(H,22,24)/t21-/m0/s1. The molecule has 1 amide bonds. The van der Waals surface area contributed by atoms with Crippen LogP contribution in [0.3, 0.4) is 0 Å². The Morgan fingerprint density at radius 2 is 1.72 bits per heavy atom. The van der Waals surface area contributed by atoms with E-state index in [1.807, 2.05) is 31.2 Å². The summed E-state index contributed by atoms with van der Waals surface area (Å²) in [4.78, 5) is 23.8. The van der Waals surface area contributed by atoms with Crippen molar-refractivity contribution >= 4 is 17.4 Å². The van der Waals surface area contributed by atoms with Crippen molar-refractivity contribution in [1.82, 2.24) is 0 Å². The molecule has 2 aromatic rings. The normalized spacial score (nSPS) is 12.9. The van der Waals surface area contributed by atoms with Crippen molar-refractivity contribution in [2.75, 3.05) is 5.32 Å². The third-order valence-electron chi connectivity index (χ3n) is 4.12. The molecule has 0 unspecified atom stereocenters. The first-order chi connectivity index (χ1) is 11.8. The number of aliphatic hydroxyl groups is 1. The van der Waals surface area contributed by atoms with Crippen LogP contribution in [0, 0.1) is 6.92 Å². The molecule has 0 aliphatic heterocycles. The van der Waals surface area contributed by atoms with E-state index in [4.69, 9.17) is 0 Å². The van der Waals surface area contributed by atoms with Gasteiger partial charge in [-0.25, -0.2) is 0 Å². The minimum absolute atomic E-state index is 0.129. The van der Waals surface area contributed by atoms with Gasteiger partial charge >= 0.3 is 0 Å². The van der Waals surface area contributed by atoms with Crippen LogP contribution in [0.15, 0.2) is 61.2 Å². The second kappa shape index (κ2) is 7.90. The van der Waals surface area contributed by atoms with Crippen LogP contribution in [-0.4, -0.2) is 22.4 Å². The average molecular weight is 337 g/mol. The summed E-state index contributed by atoms with van der Waals surface area (Å²) < 4.78 is 0. The molecule has 0 fully saturated rings. The fourth-order valence-electron chi connectivity index (χ4n) is 2.36. The largest absolute Gasteiger partial charge is 0.380 e. The van der Waals surface area contributed by atoms with Crippen molar-refractivity contribution in [3.63, 3.8) is 0 Å². The average Bonchev–Trinajstić information content (AvgIpc) is 2.61. The van der Waals surface area contributed by atoms with Gasteiger partial charge < -0.3 is 10.4 Å². The van der Waals surface area contributed by atoms with Gasteiger partial charge in [-0.05, 0) is 50.5 Å². The maximum absolute atomic E-state index is 12.3. The highest BCUT2D eigenvalue weighted by molar-refractivity contribution is 6.04. The predicted octanol–water partition coefficient (Wildman–Crippen LogP) is 3.69. The number of allylic oxidation sites excluding steroid dienone is 1. The molecule has 4 nitrogen and oxygen atoms in total. The Labute approximate surface area is 148 Å². The maximum atomic E-state index is 12.3. The van der Waals surface area contributed by atoms with Crippen molar-refractivity contribution in [3.05, 3.63) is 77.9 Å². The molecular weight excluding hydrogens is 314 g/mol. The number of anilines is 1. The lowest BCUT2D eigenvalue weighted by molar-refractivity contribution is -0.132. The third-order valence-corrected chi connectivity index (χ3v) is 4.12. The van der Waals surface area contributed by atoms with Crippen LogP contribution in [0.4, 0.5) is 5.69 Å². The van der Waals surface area contributed by atoms with Crippen molar-refractivity contribution < 1.29 is 14.7 Å². The Hall–Kier alpha value is -2.72. The first-order valence-corrected chi connectivity index (χ1v) is 8.18. The van der Waals surface area contributed by atoms with Crippen molar-refractivity contribution in [1.29, 1.82) is 0 Å². The Morgan fingerprint density at radius 1 is 1.12 bits per heavy atom. The van der Waals surface area contributed by atoms with Gasteiger partial charge in [0.25, 0.3) is 5.91 Å². The summed E-state index contributed by atoms with van der Waals surface area (Å²) in [6.07, 6.45) is 2.07. The molecule has 0 aliphatic carbocycles. The number of aryl methyl sites for hydroxylation is 2. The van der Waals surface area contributed by atoms with Crippen LogP contribution in [0.2, 0.25) is 0 Å². The minimum Gasteiger partial charge on any atom is -0.380 e. The van der Waals surface area contributed by atoms with Gasteiger partial charge in [0.05, 0.1) is 0 Å². The van der Waals surface area contributed by atoms with E-state index >= 15 is 0 Å². The molecule has 2 N–H and O–H groups in total. The molecule has 1 atom stereocenters. The lowest BCUT2D eigenvalue weighted by Gasteiger charge is -2.22. The topological polar surface area (TPSA) is 66.4 Å². The van der Waals surface area contributed by atoms with E-state index in [1.165, 1.54) is 13.0 Å². The van der Waals surface area contributed by atoms with E-state index in [9.17, 15) is 14.7 Å². The van der Waals surface area contributed by atoms with E-state index in [1.54, 1.807) is 24.3 Å². The number of rotatable bonds is 7. The summed E-state index contributed by atoms with van der Waals surface area (Å²) in [6, 6.07) is 14.5. The fourth-order valence-corrected chi connectivity index (χ4v) is 2.36. The molecule has 0 saturated carbocycles. The minimum atomic E-state index is -1.49. The van der Waals surface area contributed by atoms with E-state index in [0.29, 0.717) is 17.7 Å². The molecule has 25 heavy (non-hydrogen) atoms. The Morgan fingerprint density at radius 3 is 2.28 bits per heavy atom. The number of amides is 1. The number of hydrogen-bond donors (Lipinski definition) is 2. The highest BCUT2D eigenvalue weighted by Crippen LogP contribution is 2.18. The fraction of sp³-hybridized carbons (Fsp3) is 0.238. The molecule has 0 spiro atoms. The molecule has 0 aromatic heterocycles. The SMILES string of the molecule is C=CC(=O)c1ccc(CC[C@](C)(O)C(=O)Nc2ccc(C)cc2)cc1. The van der Waals surface area contributed by atoms with Crippen LogP contribution < -0.4 is 5.32 Å². The van der Waals surface area contributed by atoms with Gasteiger partial charge in [-0.1, -0.05) is 48.5 Å². The first kappa shape index (κ1) is 18.6. The molecule has 0 bridgehead atoms. The van der Waals surface area contributed by atoms with Crippen molar-refractivity contribution in [3.8, 4) is 0 Å². The summed E-state index contributed by atoms with van der Waals surface area (Å²) in [6.45, 7) is 6.93. The molecule has 4 heteroatoms. The Balaban J connectivity index is 1.95. The van der Waals surface area contributed by atoms with Gasteiger partial charge in [0, 0.05) is 11.3 Å². The Bertz CT molecular complexity index is 759. The number of hydrogen-bond acceptors (Lipinski definition) is 3. The number of carbonyl (C=O) groups excluding carboxylic acids is 2. The van der Waals surface area contributed by atoms with Crippen molar-refractivity contribution in [2.45, 2.75) is 32.3 Å². The van der Waals surface area contributed by atoms with Gasteiger partial charge in [0.2, 0.25) is 0 Å². The van der Waals surface area contributed by atoms with Crippen LogP contribution in [0.5, 0.6) is 0 Å². The summed E-state index contributed by atoms with van der Waals surface area (Å²) >= 11 is 0. The van der Waals surface area contributed by atoms with Gasteiger partial charge in [0.1, 0.15) is 5.60 Å². The number of benzene rings is 2. The van der Waals surface area contributed by atoms with Gasteiger partial charge in [-0.15, -0.1) is 0 Å².